The fraction of sp³-hybridized carbons (Fsp3) is 0.440. The maximum absolute atomic E-state index is 4.04. The van der Waals surface area contributed by atoms with Crippen LogP contribution >= 0.6 is 11.8 Å². The van der Waals surface area contributed by atoms with Gasteiger partial charge in [0.2, 0.25) is 0 Å². The molecule has 0 fully saturated rings. The minimum atomic E-state index is 0.725. The van der Waals surface area contributed by atoms with Crippen molar-refractivity contribution in [2.24, 2.45) is 5.92 Å². The van der Waals surface area contributed by atoms with Crippen LogP contribution in [0.1, 0.15) is 62.4 Å². The number of fused-ring (bicyclic) bond motifs is 1. The Morgan fingerprint density at radius 1 is 1.04 bits per heavy atom. The third kappa shape index (κ3) is 4.82. The lowest BCUT2D eigenvalue weighted by Crippen LogP contribution is -2.10. The van der Waals surface area contributed by atoms with E-state index in [4.69, 9.17) is 0 Å². The molecule has 0 nitrogen and oxygen atoms in total. The van der Waals surface area contributed by atoms with Crippen LogP contribution in [0.5, 0.6) is 0 Å². The van der Waals surface area contributed by atoms with Crippen molar-refractivity contribution < 1.29 is 0 Å². The van der Waals surface area contributed by atoms with Crippen LogP contribution in [-0.4, -0.2) is 5.25 Å². The minimum absolute atomic E-state index is 0.725. The molecule has 1 aliphatic rings. The van der Waals surface area contributed by atoms with Crippen LogP contribution in [0.25, 0.3) is 6.08 Å². The van der Waals surface area contributed by atoms with Crippen LogP contribution in [-0.2, 0) is 25.7 Å². The Balaban J connectivity index is 0.00000117. The fourth-order valence-corrected chi connectivity index (χ4v) is 4.84. The number of benzene rings is 2. The maximum Gasteiger partial charge on any atom is 0.0158 e. The van der Waals surface area contributed by atoms with Gasteiger partial charge in [-0.05, 0) is 65.5 Å². The van der Waals surface area contributed by atoms with E-state index in [0.717, 1.165) is 30.4 Å². The van der Waals surface area contributed by atoms with Gasteiger partial charge < -0.3 is 0 Å². The molecule has 1 heteroatoms. The molecular weight excluding hydrogens is 332 g/mol. The SMILES string of the molecule is C=Cc1ccc2c(c1CCc1ccc(CC)cc1)CC(C(C)C)S2.CC. The van der Waals surface area contributed by atoms with E-state index in [0.29, 0.717) is 0 Å². The van der Waals surface area contributed by atoms with Crippen molar-refractivity contribution in [3.63, 3.8) is 0 Å². The highest BCUT2D eigenvalue weighted by Gasteiger charge is 2.27. The molecule has 0 saturated heterocycles. The van der Waals surface area contributed by atoms with Gasteiger partial charge in [-0.2, -0.15) is 0 Å². The zero-order valence-electron chi connectivity index (χ0n) is 17.1. The van der Waals surface area contributed by atoms with Crippen LogP contribution in [0.15, 0.2) is 47.9 Å². The fourth-order valence-electron chi connectivity index (χ4n) is 3.50. The van der Waals surface area contributed by atoms with Gasteiger partial charge in [0.25, 0.3) is 0 Å². The van der Waals surface area contributed by atoms with Crippen LogP contribution in [0, 0.1) is 5.92 Å². The summed E-state index contributed by atoms with van der Waals surface area (Å²) >= 11 is 2.07. The molecule has 1 aliphatic heterocycles. The Morgan fingerprint density at radius 3 is 2.27 bits per heavy atom. The summed E-state index contributed by atoms with van der Waals surface area (Å²) < 4.78 is 0. The molecule has 3 rings (SSSR count). The molecule has 0 saturated carbocycles. The molecule has 0 bridgehead atoms. The van der Waals surface area contributed by atoms with Crippen LogP contribution < -0.4 is 0 Å². The second-order valence-electron chi connectivity index (χ2n) is 7.09. The van der Waals surface area contributed by atoms with Gasteiger partial charge in [-0.25, -0.2) is 0 Å². The van der Waals surface area contributed by atoms with Gasteiger partial charge in [-0.1, -0.05) is 77.6 Å². The van der Waals surface area contributed by atoms with Gasteiger partial charge in [-0.3, -0.25) is 0 Å². The first kappa shape index (κ1) is 20.8. The molecule has 1 unspecified atom stereocenters. The van der Waals surface area contributed by atoms with E-state index in [1.54, 1.807) is 5.56 Å². The summed E-state index contributed by atoms with van der Waals surface area (Å²) in [6.45, 7) is 14.9. The summed E-state index contributed by atoms with van der Waals surface area (Å²) in [7, 11) is 0. The van der Waals surface area contributed by atoms with Gasteiger partial charge in [0.1, 0.15) is 0 Å². The van der Waals surface area contributed by atoms with Crippen LogP contribution in [0.4, 0.5) is 0 Å². The van der Waals surface area contributed by atoms with Crippen molar-refractivity contribution in [2.45, 2.75) is 70.4 Å². The number of hydrogen-bond donors (Lipinski definition) is 0. The van der Waals surface area contributed by atoms with E-state index in [1.165, 1.54) is 33.6 Å². The Hall–Kier alpha value is -1.47. The molecule has 0 amide bonds. The van der Waals surface area contributed by atoms with Crippen LogP contribution in [0.3, 0.4) is 0 Å². The highest BCUT2D eigenvalue weighted by atomic mass is 32.2. The predicted octanol–water partition coefficient (Wildman–Crippen LogP) is 7.38. The smallest absolute Gasteiger partial charge is 0.0158 e. The third-order valence-corrected chi connectivity index (χ3v) is 6.82. The average Bonchev–Trinajstić information content (AvgIpc) is 3.13. The summed E-state index contributed by atoms with van der Waals surface area (Å²) in [6.07, 6.45) is 6.58. The molecule has 0 aliphatic carbocycles. The molecule has 2 aromatic carbocycles. The zero-order valence-corrected chi connectivity index (χ0v) is 18.0. The second kappa shape index (κ2) is 10.0. The standard InChI is InChI=1S/C23H28S.C2H6/c1-5-17-7-9-18(10-8-17)11-13-20-19(6-2)12-14-22-21(20)15-23(24-22)16(3)4;1-2/h6-10,12,14,16,23H,2,5,11,13,15H2,1,3-4H3;1-2H3. The summed E-state index contributed by atoms with van der Waals surface area (Å²) in [6, 6.07) is 13.7. The molecule has 2 aromatic rings. The van der Waals surface area contributed by atoms with Crippen molar-refractivity contribution in [3.05, 3.63) is 70.8 Å². The first-order valence-corrected chi connectivity index (χ1v) is 11.0. The molecule has 0 N–H and O–H groups in total. The summed E-state index contributed by atoms with van der Waals surface area (Å²) in [5.74, 6) is 0.726. The van der Waals surface area contributed by atoms with E-state index in [2.05, 4.69) is 75.5 Å². The Labute approximate surface area is 165 Å². The largest absolute Gasteiger partial charge is 0.122 e. The first-order chi connectivity index (χ1) is 12.6. The molecule has 1 atom stereocenters. The van der Waals surface area contributed by atoms with E-state index < -0.39 is 0 Å². The molecule has 1 heterocycles. The second-order valence-corrected chi connectivity index (χ2v) is 8.37. The molecule has 0 radical (unpaired) electrons. The lowest BCUT2D eigenvalue weighted by Gasteiger charge is -2.13. The number of aryl methyl sites for hydroxylation is 2. The van der Waals surface area contributed by atoms with Gasteiger partial charge in [0.15, 0.2) is 0 Å². The normalized spacial score (nSPS) is 15.4. The van der Waals surface area contributed by atoms with Gasteiger partial charge in [0, 0.05) is 10.1 Å². The monoisotopic (exact) mass is 366 g/mol. The predicted molar refractivity (Wildman–Crippen MR) is 119 cm³/mol. The van der Waals surface area contributed by atoms with Crippen molar-refractivity contribution in [2.75, 3.05) is 0 Å². The summed E-state index contributed by atoms with van der Waals surface area (Å²) in [4.78, 5) is 1.50. The van der Waals surface area contributed by atoms with Crippen molar-refractivity contribution in [3.8, 4) is 0 Å². The molecule has 26 heavy (non-hydrogen) atoms. The maximum atomic E-state index is 4.04. The molecular formula is C25H34S. The highest BCUT2D eigenvalue weighted by Crippen LogP contribution is 2.43. The minimum Gasteiger partial charge on any atom is -0.122 e. The number of rotatable bonds is 6. The number of hydrogen-bond acceptors (Lipinski definition) is 1. The summed E-state index contributed by atoms with van der Waals surface area (Å²) in [5, 5.41) is 0.725. The quantitative estimate of drug-likeness (QED) is 0.514. The molecule has 0 spiro atoms. The van der Waals surface area contributed by atoms with E-state index in [9.17, 15) is 0 Å². The van der Waals surface area contributed by atoms with E-state index in [1.807, 2.05) is 19.9 Å². The van der Waals surface area contributed by atoms with E-state index >= 15 is 0 Å². The van der Waals surface area contributed by atoms with Gasteiger partial charge in [0.05, 0.1) is 0 Å². The Kier molecular flexibility index (Phi) is 8.03. The van der Waals surface area contributed by atoms with Crippen molar-refractivity contribution in [1.29, 1.82) is 0 Å². The lowest BCUT2D eigenvalue weighted by atomic mass is 9.91. The zero-order chi connectivity index (χ0) is 19.1. The average molecular weight is 367 g/mol. The van der Waals surface area contributed by atoms with Gasteiger partial charge >= 0.3 is 0 Å². The Bertz CT molecular complexity index is 710. The lowest BCUT2D eigenvalue weighted by molar-refractivity contribution is 0.609. The van der Waals surface area contributed by atoms with Crippen molar-refractivity contribution in [1.82, 2.24) is 0 Å². The number of thioether (sulfide) groups is 1. The van der Waals surface area contributed by atoms with E-state index in [-0.39, 0.29) is 0 Å². The van der Waals surface area contributed by atoms with Crippen molar-refractivity contribution >= 4 is 17.8 Å². The Morgan fingerprint density at radius 2 is 1.69 bits per heavy atom. The summed E-state index contributed by atoms with van der Waals surface area (Å²) in [5.41, 5.74) is 7.29. The van der Waals surface area contributed by atoms with Crippen LogP contribution in [0.2, 0.25) is 0 Å². The van der Waals surface area contributed by atoms with Gasteiger partial charge in [-0.15, -0.1) is 11.8 Å². The molecule has 0 aromatic heterocycles. The topological polar surface area (TPSA) is 0 Å². The highest BCUT2D eigenvalue weighted by molar-refractivity contribution is 8.00. The third-order valence-electron chi connectivity index (χ3n) is 5.17. The first-order valence-electron chi connectivity index (χ1n) is 10.1. The molecule has 140 valence electrons.